The number of nitrogens with two attached hydrogens (primary N) is 1. The zero-order chi connectivity index (χ0) is 10.0. The molecule has 13 heavy (non-hydrogen) atoms. The Morgan fingerprint density at radius 2 is 2.08 bits per heavy atom. The largest absolute Gasteiger partial charge is 0.318 e. The second-order valence-electron chi connectivity index (χ2n) is 3.15. The lowest BCUT2D eigenvalue weighted by molar-refractivity contribution is -0.118. The Morgan fingerprint density at radius 3 is 2.54 bits per heavy atom. The number of carbonyl (C=O) groups excluding carboxylic acids is 1. The molecule has 1 atom stereocenters. The summed E-state index contributed by atoms with van der Waals surface area (Å²) < 4.78 is 0.958. The number of halogens is 1. The Morgan fingerprint density at radius 1 is 1.46 bits per heavy atom. The fourth-order valence-corrected chi connectivity index (χ4v) is 1.80. The van der Waals surface area contributed by atoms with Gasteiger partial charge in [0.1, 0.15) is 0 Å². The second-order valence-corrected chi connectivity index (χ2v) is 4.07. The van der Waals surface area contributed by atoms with E-state index >= 15 is 0 Å². The molecule has 3 heteroatoms. The highest BCUT2D eigenvalue weighted by atomic mass is 79.9. The molecule has 2 nitrogen and oxygen atoms in total. The minimum absolute atomic E-state index is 0.0162. The molecule has 0 saturated heterocycles. The summed E-state index contributed by atoms with van der Waals surface area (Å²) in [4.78, 5) is 11.0. The van der Waals surface area contributed by atoms with Gasteiger partial charge >= 0.3 is 0 Å². The van der Waals surface area contributed by atoms with E-state index < -0.39 is 6.04 Å². The summed E-state index contributed by atoms with van der Waals surface area (Å²) in [6.07, 6.45) is 0. The van der Waals surface area contributed by atoms with Gasteiger partial charge in [-0.2, -0.15) is 0 Å². The molecule has 70 valence electrons. The predicted octanol–water partition coefficient (Wildman–Crippen LogP) is 2.35. The molecule has 0 saturated carbocycles. The Hall–Kier alpha value is -0.670. The van der Waals surface area contributed by atoms with E-state index in [2.05, 4.69) is 15.9 Å². The number of carbonyl (C=O) groups is 1. The lowest BCUT2D eigenvalue weighted by Gasteiger charge is -2.09. The molecule has 1 aromatic rings. The maximum Gasteiger partial charge on any atom is 0.150 e. The van der Waals surface area contributed by atoms with Crippen LogP contribution >= 0.6 is 15.9 Å². The van der Waals surface area contributed by atoms with Crippen molar-refractivity contribution in [3.63, 3.8) is 0 Å². The lowest BCUT2D eigenvalue weighted by Crippen LogP contribution is -2.18. The summed E-state index contributed by atoms with van der Waals surface area (Å²) >= 11 is 3.36. The van der Waals surface area contributed by atoms with Crippen LogP contribution in [-0.4, -0.2) is 5.78 Å². The molecule has 0 fully saturated rings. The number of Topliss-reactive ketones (excluding diaryl/α,β-unsaturated/α-hetero) is 1. The third-order valence-electron chi connectivity index (χ3n) is 1.86. The van der Waals surface area contributed by atoms with Crippen LogP contribution in [0.1, 0.15) is 24.1 Å². The van der Waals surface area contributed by atoms with Crippen LogP contribution in [0.4, 0.5) is 0 Å². The molecule has 0 bridgehead atoms. The molecule has 0 aliphatic rings. The molecule has 1 aromatic carbocycles. The van der Waals surface area contributed by atoms with Gasteiger partial charge in [-0.15, -0.1) is 0 Å². The molecular formula is C10H12BrNO. The van der Waals surface area contributed by atoms with Gasteiger partial charge < -0.3 is 5.73 Å². The number of ketones is 1. The number of benzene rings is 1. The van der Waals surface area contributed by atoms with Crippen LogP contribution in [0.25, 0.3) is 0 Å². The zero-order valence-corrected chi connectivity index (χ0v) is 9.26. The second kappa shape index (κ2) is 4.03. The van der Waals surface area contributed by atoms with E-state index in [4.69, 9.17) is 5.73 Å². The molecule has 0 aliphatic carbocycles. The van der Waals surface area contributed by atoms with Crippen molar-refractivity contribution in [2.24, 2.45) is 5.73 Å². The van der Waals surface area contributed by atoms with E-state index in [9.17, 15) is 4.79 Å². The van der Waals surface area contributed by atoms with E-state index in [0.29, 0.717) is 0 Å². The summed E-state index contributed by atoms with van der Waals surface area (Å²) in [5, 5.41) is 0. The smallest absolute Gasteiger partial charge is 0.150 e. The van der Waals surface area contributed by atoms with Crippen LogP contribution in [-0.2, 0) is 4.79 Å². The Bertz CT molecular complexity index is 315. The third-order valence-corrected chi connectivity index (χ3v) is 2.32. The summed E-state index contributed by atoms with van der Waals surface area (Å²) in [5.74, 6) is -0.0162. The molecule has 1 rings (SSSR count). The fraction of sp³-hybridized carbons (Fsp3) is 0.300. The molecule has 0 aliphatic heterocycles. The van der Waals surface area contributed by atoms with Crippen molar-refractivity contribution < 1.29 is 4.79 Å². The van der Waals surface area contributed by atoms with Gasteiger partial charge in [-0.1, -0.05) is 22.0 Å². The van der Waals surface area contributed by atoms with E-state index in [0.717, 1.165) is 15.6 Å². The Kier molecular flexibility index (Phi) is 3.22. The summed E-state index contributed by atoms with van der Waals surface area (Å²) in [6.45, 7) is 3.47. The standard InChI is InChI=1S/C10H12BrNO/c1-6-3-8(5-9(11)4-6)10(12)7(2)13/h3-5,10H,12H2,1-2H3. The zero-order valence-electron chi connectivity index (χ0n) is 7.67. The summed E-state index contributed by atoms with van der Waals surface area (Å²) in [6, 6.07) is 5.28. The molecule has 0 amide bonds. The van der Waals surface area contributed by atoms with Gasteiger partial charge in [-0.25, -0.2) is 0 Å². The van der Waals surface area contributed by atoms with Crippen LogP contribution in [0.2, 0.25) is 0 Å². The van der Waals surface area contributed by atoms with Gasteiger partial charge in [-0.3, -0.25) is 4.79 Å². The lowest BCUT2D eigenvalue weighted by atomic mass is 10.0. The van der Waals surface area contributed by atoms with Crippen LogP contribution in [0.5, 0.6) is 0 Å². The number of hydrogen-bond donors (Lipinski definition) is 1. The average molecular weight is 242 g/mol. The quantitative estimate of drug-likeness (QED) is 0.864. The highest BCUT2D eigenvalue weighted by Gasteiger charge is 2.11. The Balaban J connectivity index is 3.07. The first-order chi connectivity index (χ1) is 6.00. The average Bonchev–Trinajstić information content (AvgIpc) is 2.01. The fourth-order valence-electron chi connectivity index (χ4n) is 1.18. The highest BCUT2D eigenvalue weighted by Crippen LogP contribution is 2.19. The number of rotatable bonds is 2. The van der Waals surface area contributed by atoms with Gasteiger partial charge in [0, 0.05) is 4.47 Å². The van der Waals surface area contributed by atoms with E-state index in [1.54, 1.807) is 0 Å². The third kappa shape index (κ3) is 2.64. The van der Waals surface area contributed by atoms with Crippen LogP contribution in [0, 0.1) is 6.92 Å². The highest BCUT2D eigenvalue weighted by molar-refractivity contribution is 9.10. The normalized spacial score (nSPS) is 12.6. The van der Waals surface area contributed by atoms with Gasteiger partial charge in [0.05, 0.1) is 6.04 Å². The van der Waals surface area contributed by atoms with Crippen LogP contribution in [0.3, 0.4) is 0 Å². The topological polar surface area (TPSA) is 43.1 Å². The first-order valence-corrected chi connectivity index (χ1v) is 4.83. The van der Waals surface area contributed by atoms with Crippen molar-refractivity contribution in [3.05, 3.63) is 33.8 Å². The van der Waals surface area contributed by atoms with Crippen molar-refractivity contribution in [3.8, 4) is 0 Å². The van der Waals surface area contributed by atoms with Gasteiger partial charge in [0.25, 0.3) is 0 Å². The first kappa shape index (κ1) is 10.4. The van der Waals surface area contributed by atoms with Crippen LogP contribution in [0.15, 0.2) is 22.7 Å². The monoisotopic (exact) mass is 241 g/mol. The molecule has 2 N–H and O–H groups in total. The Labute approximate surface area is 86.3 Å². The predicted molar refractivity (Wildman–Crippen MR) is 56.5 cm³/mol. The van der Waals surface area contributed by atoms with Gasteiger partial charge in [0.2, 0.25) is 0 Å². The van der Waals surface area contributed by atoms with Crippen molar-refractivity contribution in [2.75, 3.05) is 0 Å². The maximum atomic E-state index is 11.0. The minimum Gasteiger partial charge on any atom is -0.318 e. The first-order valence-electron chi connectivity index (χ1n) is 4.04. The molecule has 0 spiro atoms. The number of hydrogen-bond acceptors (Lipinski definition) is 2. The molecule has 0 heterocycles. The van der Waals surface area contributed by atoms with E-state index in [1.165, 1.54) is 6.92 Å². The van der Waals surface area contributed by atoms with Crippen molar-refractivity contribution in [1.82, 2.24) is 0 Å². The van der Waals surface area contributed by atoms with Gasteiger partial charge in [0.15, 0.2) is 5.78 Å². The van der Waals surface area contributed by atoms with Crippen LogP contribution < -0.4 is 5.73 Å². The van der Waals surface area contributed by atoms with Crippen molar-refractivity contribution in [1.29, 1.82) is 0 Å². The number of aryl methyl sites for hydroxylation is 1. The molecule has 1 unspecified atom stereocenters. The van der Waals surface area contributed by atoms with E-state index in [1.807, 2.05) is 25.1 Å². The summed E-state index contributed by atoms with van der Waals surface area (Å²) in [7, 11) is 0. The molecule has 0 radical (unpaired) electrons. The van der Waals surface area contributed by atoms with Crippen molar-refractivity contribution in [2.45, 2.75) is 19.9 Å². The van der Waals surface area contributed by atoms with E-state index in [-0.39, 0.29) is 5.78 Å². The minimum atomic E-state index is -0.504. The molecular weight excluding hydrogens is 230 g/mol. The summed E-state index contributed by atoms with van der Waals surface area (Å²) in [5.41, 5.74) is 7.66. The van der Waals surface area contributed by atoms with Crippen molar-refractivity contribution >= 4 is 21.7 Å². The SMILES string of the molecule is CC(=O)C(N)c1cc(C)cc(Br)c1. The van der Waals surface area contributed by atoms with Gasteiger partial charge in [-0.05, 0) is 37.1 Å². The maximum absolute atomic E-state index is 11.0. The molecule has 0 aromatic heterocycles.